The van der Waals surface area contributed by atoms with Crippen LogP contribution in [-0.2, 0) is 20.7 Å². The van der Waals surface area contributed by atoms with Crippen molar-refractivity contribution in [2.24, 2.45) is 0 Å². The van der Waals surface area contributed by atoms with Crippen molar-refractivity contribution in [3.05, 3.63) is 29.6 Å². The first-order chi connectivity index (χ1) is 10.1. The third-order valence-electron chi connectivity index (χ3n) is 2.63. The van der Waals surface area contributed by atoms with Gasteiger partial charge in [-0.2, -0.15) is 0 Å². The summed E-state index contributed by atoms with van der Waals surface area (Å²) >= 11 is 0. The van der Waals surface area contributed by atoms with Gasteiger partial charge in [0, 0.05) is 6.42 Å². The number of aromatic hydroxyl groups is 1. The van der Waals surface area contributed by atoms with Crippen LogP contribution in [0.15, 0.2) is 18.2 Å². The first-order valence-corrected chi connectivity index (χ1v) is 6.67. The second-order valence-corrected chi connectivity index (χ2v) is 5.71. The van der Waals surface area contributed by atoms with Gasteiger partial charge >= 0.3 is 12.1 Å². The van der Waals surface area contributed by atoms with E-state index in [9.17, 15) is 19.1 Å². The number of hydrogen-bond donors (Lipinski definition) is 2. The van der Waals surface area contributed by atoms with Crippen molar-refractivity contribution in [3.63, 3.8) is 0 Å². The monoisotopic (exact) mass is 313 g/mol. The van der Waals surface area contributed by atoms with Crippen LogP contribution in [0, 0.1) is 5.82 Å². The largest absolute Gasteiger partial charge is 0.505 e. The van der Waals surface area contributed by atoms with Crippen LogP contribution in [0.25, 0.3) is 0 Å². The Bertz CT molecular complexity index is 553. The highest BCUT2D eigenvalue weighted by atomic mass is 19.1. The zero-order valence-corrected chi connectivity index (χ0v) is 13.0. The van der Waals surface area contributed by atoms with E-state index in [1.165, 1.54) is 19.2 Å². The van der Waals surface area contributed by atoms with Gasteiger partial charge in [0.25, 0.3) is 0 Å². The lowest BCUT2D eigenvalue weighted by atomic mass is 10.1. The number of alkyl carbamates (subject to hydrolysis) is 1. The molecule has 0 saturated heterocycles. The average molecular weight is 313 g/mol. The molecule has 0 heterocycles. The number of phenols is 1. The summed E-state index contributed by atoms with van der Waals surface area (Å²) in [7, 11) is 1.19. The molecule has 1 aromatic carbocycles. The maximum Gasteiger partial charge on any atom is 0.408 e. The van der Waals surface area contributed by atoms with Gasteiger partial charge in [0.15, 0.2) is 11.6 Å². The predicted molar refractivity (Wildman–Crippen MR) is 76.9 cm³/mol. The van der Waals surface area contributed by atoms with Crippen molar-refractivity contribution in [2.75, 3.05) is 7.11 Å². The van der Waals surface area contributed by atoms with Gasteiger partial charge in [-0.25, -0.2) is 14.0 Å². The number of amides is 1. The Kier molecular flexibility index (Phi) is 5.73. The van der Waals surface area contributed by atoms with E-state index in [1.54, 1.807) is 20.8 Å². The van der Waals surface area contributed by atoms with Crippen LogP contribution < -0.4 is 5.32 Å². The molecule has 1 amide bonds. The smallest absolute Gasteiger partial charge is 0.408 e. The summed E-state index contributed by atoms with van der Waals surface area (Å²) in [5.74, 6) is -1.97. The number of nitrogens with one attached hydrogen (secondary N) is 1. The lowest BCUT2D eigenvalue weighted by Crippen LogP contribution is -2.45. The highest BCUT2D eigenvalue weighted by Crippen LogP contribution is 2.18. The molecule has 6 nitrogen and oxygen atoms in total. The molecule has 0 bridgehead atoms. The maximum atomic E-state index is 13.0. The van der Waals surface area contributed by atoms with E-state index in [1.807, 2.05) is 0 Å². The number of benzene rings is 1. The highest BCUT2D eigenvalue weighted by Gasteiger charge is 2.25. The van der Waals surface area contributed by atoms with Crippen LogP contribution in [0.4, 0.5) is 9.18 Å². The lowest BCUT2D eigenvalue weighted by molar-refractivity contribution is -0.143. The highest BCUT2D eigenvalue weighted by molar-refractivity contribution is 5.81. The molecule has 0 spiro atoms. The van der Waals surface area contributed by atoms with Gasteiger partial charge in [-0.1, -0.05) is 6.07 Å². The number of methoxy groups -OCH3 is 1. The van der Waals surface area contributed by atoms with Crippen molar-refractivity contribution in [1.82, 2.24) is 5.32 Å². The SMILES string of the molecule is COC(=O)[C@H](Cc1ccc(F)c(O)c1)NC(=O)OC(C)(C)C. The van der Waals surface area contributed by atoms with Crippen LogP contribution in [0.2, 0.25) is 0 Å². The number of carbonyl (C=O) groups is 2. The number of ether oxygens (including phenoxy) is 2. The fourth-order valence-corrected chi connectivity index (χ4v) is 1.71. The Hall–Kier alpha value is -2.31. The third-order valence-corrected chi connectivity index (χ3v) is 2.63. The van der Waals surface area contributed by atoms with Gasteiger partial charge in [-0.05, 0) is 38.5 Å². The van der Waals surface area contributed by atoms with Gasteiger partial charge in [-0.15, -0.1) is 0 Å². The van der Waals surface area contributed by atoms with E-state index in [0.29, 0.717) is 5.56 Å². The Morgan fingerprint density at radius 2 is 2.00 bits per heavy atom. The molecule has 0 saturated carbocycles. The van der Waals surface area contributed by atoms with E-state index in [0.717, 1.165) is 6.07 Å². The topological polar surface area (TPSA) is 84.9 Å². The van der Waals surface area contributed by atoms with Crippen LogP contribution in [0.3, 0.4) is 0 Å². The minimum absolute atomic E-state index is 0.0275. The van der Waals surface area contributed by atoms with Crippen LogP contribution in [-0.4, -0.2) is 35.9 Å². The number of carbonyl (C=O) groups excluding carboxylic acids is 2. The molecule has 0 aliphatic carbocycles. The molecule has 1 aromatic rings. The number of phenolic OH excluding ortho intramolecular Hbond substituents is 1. The first-order valence-electron chi connectivity index (χ1n) is 6.67. The minimum Gasteiger partial charge on any atom is -0.505 e. The molecule has 0 radical (unpaired) electrons. The summed E-state index contributed by atoms with van der Waals surface area (Å²) in [4.78, 5) is 23.5. The molecule has 0 unspecified atom stereocenters. The lowest BCUT2D eigenvalue weighted by Gasteiger charge is -2.22. The standard InChI is InChI=1S/C15H20FNO5/c1-15(2,3)22-14(20)17-11(13(19)21-4)7-9-5-6-10(16)12(18)8-9/h5-6,8,11,18H,7H2,1-4H3,(H,17,20)/t11-/m0/s1. The number of hydrogen-bond acceptors (Lipinski definition) is 5. The fraction of sp³-hybridized carbons (Fsp3) is 0.467. The normalized spacial score (nSPS) is 12.4. The Labute approximate surface area is 128 Å². The Morgan fingerprint density at radius 1 is 1.36 bits per heavy atom. The molecule has 7 heteroatoms. The summed E-state index contributed by atoms with van der Waals surface area (Å²) in [5.41, 5.74) is -0.246. The Morgan fingerprint density at radius 3 is 2.50 bits per heavy atom. The van der Waals surface area contributed by atoms with E-state index >= 15 is 0 Å². The van der Waals surface area contributed by atoms with E-state index < -0.39 is 35.3 Å². The molecule has 0 fully saturated rings. The predicted octanol–water partition coefficient (Wildman–Crippen LogP) is 2.14. The first kappa shape index (κ1) is 17.7. The van der Waals surface area contributed by atoms with Crippen molar-refractivity contribution in [1.29, 1.82) is 0 Å². The summed E-state index contributed by atoms with van der Waals surface area (Å²) in [6.07, 6.45) is -0.742. The van der Waals surface area contributed by atoms with Crippen LogP contribution in [0.1, 0.15) is 26.3 Å². The fourth-order valence-electron chi connectivity index (χ4n) is 1.71. The zero-order chi connectivity index (χ0) is 16.9. The second kappa shape index (κ2) is 7.11. The van der Waals surface area contributed by atoms with Crippen molar-refractivity contribution in [2.45, 2.75) is 38.8 Å². The van der Waals surface area contributed by atoms with Gasteiger partial charge in [0.2, 0.25) is 0 Å². The summed E-state index contributed by atoms with van der Waals surface area (Å²) in [6, 6.07) is 2.65. The summed E-state index contributed by atoms with van der Waals surface area (Å²) < 4.78 is 22.7. The average Bonchev–Trinajstić information content (AvgIpc) is 2.39. The van der Waals surface area contributed by atoms with E-state index in [4.69, 9.17) is 4.74 Å². The van der Waals surface area contributed by atoms with E-state index in [-0.39, 0.29) is 6.42 Å². The summed E-state index contributed by atoms with van der Waals surface area (Å²) in [5, 5.41) is 11.7. The van der Waals surface area contributed by atoms with E-state index in [2.05, 4.69) is 10.1 Å². The van der Waals surface area contributed by atoms with Gasteiger partial charge in [0.1, 0.15) is 11.6 Å². The molecule has 22 heavy (non-hydrogen) atoms. The van der Waals surface area contributed by atoms with Gasteiger partial charge in [-0.3, -0.25) is 0 Å². The molecule has 1 atom stereocenters. The van der Waals surface area contributed by atoms with Crippen LogP contribution >= 0.6 is 0 Å². The van der Waals surface area contributed by atoms with Crippen molar-refractivity contribution < 1.29 is 28.6 Å². The van der Waals surface area contributed by atoms with Crippen LogP contribution in [0.5, 0.6) is 5.75 Å². The molecular formula is C15H20FNO5. The Balaban J connectivity index is 2.82. The maximum absolute atomic E-state index is 13.0. The number of halogens is 1. The van der Waals surface area contributed by atoms with Gasteiger partial charge in [0.05, 0.1) is 7.11 Å². The molecule has 122 valence electrons. The number of esters is 1. The molecule has 2 N–H and O–H groups in total. The van der Waals surface area contributed by atoms with Crippen molar-refractivity contribution >= 4 is 12.1 Å². The molecule has 0 aromatic heterocycles. The van der Waals surface area contributed by atoms with Gasteiger partial charge < -0.3 is 19.9 Å². The molecule has 1 rings (SSSR count). The number of rotatable bonds is 4. The molecular weight excluding hydrogens is 293 g/mol. The minimum atomic E-state index is -1.01. The molecule has 0 aliphatic heterocycles. The van der Waals surface area contributed by atoms with Crippen molar-refractivity contribution in [3.8, 4) is 5.75 Å². The second-order valence-electron chi connectivity index (χ2n) is 5.71. The third kappa shape index (κ3) is 5.59. The molecule has 0 aliphatic rings. The zero-order valence-electron chi connectivity index (χ0n) is 13.0. The quantitative estimate of drug-likeness (QED) is 0.832. The summed E-state index contributed by atoms with van der Waals surface area (Å²) in [6.45, 7) is 5.08.